The van der Waals surface area contributed by atoms with Crippen molar-refractivity contribution in [3.05, 3.63) is 51.7 Å². The second-order valence-corrected chi connectivity index (χ2v) is 4.78. The molecule has 0 amide bonds. The molecular formula is C12H8BrClN2O2. The number of benzene rings is 1. The van der Waals surface area contributed by atoms with Gasteiger partial charge in [-0.2, -0.15) is 5.10 Å². The Labute approximate surface area is 117 Å². The zero-order chi connectivity index (χ0) is 13.1. The van der Waals surface area contributed by atoms with Crippen LogP contribution in [0.5, 0.6) is 0 Å². The number of carboxylic acids is 1. The van der Waals surface area contributed by atoms with Crippen LogP contribution in [0.15, 0.2) is 41.1 Å². The minimum atomic E-state index is -1.01. The van der Waals surface area contributed by atoms with Crippen LogP contribution in [-0.2, 0) is 4.79 Å². The van der Waals surface area contributed by atoms with Gasteiger partial charge in [0.2, 0.25) is 0 Å². The summed E-state index contributed by atoms with van der Waals surface area (Å²) in [5.41, 5.74) is 1.32. The van der Waals surface area contributed by atoms with Gasteiger partial charge in [0.1, 0.15) is 0 Å². The molecule has 1 N–H and O–H groups in total. The van der Waals surface area contributed by atoms with E-state index in [-0.39, 0.29) is 0 Å². The van der Waals surface area contributed by atoms with Crippen molar-refractivity contribution >= 4 is 39.6 Å². The third-order valence-corrected chi connectivity index (χ3v) is 2.92. The summed E-state index contributed by atoms with van der Waals surface area (Å²) in [7, 11) is 0. The van der Waals surface area contributed by atoms with Gasteiger partial charge in [0.05, 0.1) is 21.4 Å². The van der Waals surface area contributed by atoms with Crippen LogP contribution in [0.1, 0.15) is 5.56 Å². The number of para-hydroxylation sites is 1. The highest BCUT2D eigenvalue weighted by atomic mass is 79.9. The lowest BCUT2D eigenvalue weighted by atomic mass is 10.1. The first kappa shape index (κ1) is 12.9. The third kappa shape index (κ3) is 2.80. The first-order valence-corrected chi connectivity index (χ1v) is 6.15. The molecule has 0 unspecified atom stereocenters. The van der Waals surface area contributed by atoms with E-state index >= 15 is 0 Å². The van der Waals surface area contributed by atoms with Crippen molar-refractivity contribution in [3.63, 3.8) is 0 Å². The first-order chi connectivity index (χ1) is 8.58. The molecule has 2 aromatic rings. The van der Waals surface area contributed by atoms with E-state index in [0.717, 1.165) is 10.5 Å². The maximum atomic E-state index is 10.6. The monoisotopic (exact) mass is 326 g/mol. The van der Waals surface area contributed by atoms with Gasteiger partial charge < -0.3 is 5.11 Å². The van der Waals surface area contributed by atoms with E-state index < -0.39 is 5.97 Å². The Morgan fingerprint density at radius 2 is 2.28 bits per heavy atom. The number of aliphatic carboxylic acids is 1. The quantitative estimate of drug-likeness (QED) is 0.879. The molecule has 0 aliphatic rings. The van der Waals surface area contributed by atoms with Gasteiger partial charge in [0.25, 0.3) is 0 Å². The smallest absolute Gasteiger partial charge is 0.328 e. The first-order valence-electron chi connectivity index (χ1n) is 4.98. The topological polar surface area (TPSA) is 55.1 Å². The van der Waals surface area contributed by atoms with Crippen molar-refractivity contribution in [3.8, 4) is 5.69 Å². The van der Waals surface area contributed by atoms with Gasteiger partial charge in [-0.1, -0.05) is 23.7 Å². The fourth-order valence-corrected chi connectivity index (χ4v) is 2.05. The maximum absolute atomic E-state index is 10.6. The van der Waals surface area contributed by atoms with E-state index in [2.05, 4.69) is 21.0 Å². The molecule has 0 atom stereocenters. The summed E-state index contributed by atoms with van der Waals surface area (Å²) in [6.07, 6.45) is 5.93. The molecule has 2 rings (SSSR count). The number of carbonyl (C=O) groups is 1. The zero-order valence-corrected chi connectivity index (χ0v) is 11.4. The third-order valence-electron chi connectivity index (χ3n) is 2.20. The van der Waals surface area contributed by atoms with E-state index in [0.29, 0.717) is 16.3 Å². The van der Waals surface area contributed by atoms with E-state index in [1.54, 1.807) is 35.3 Å². The van der Waals surface area contributed by atoms with Gasteiger partial charge in [0.15, 0.2) is 0 Å². The van der Waals surface area contributed by atoms with Gasteiger partial charge in [-0.25, -0.2) is 9.48 Å². The maximum Gasteiger partial charge on any atom is 0.328 e. The van der Waals surface area contributed by atoms with Crippen LogP contribution in [-0.4, -0.2) is 20.9 Å². The zero-order valence-electron chi connectivity index (χ0n) is 9.05. The Morgan fingerprint density at radius 1 is 1.50 bits per heavy atom. The Kier molecular flexibility index (Phi) is 3.84. The number of hydrogen-bond acceptors (Lipinski definition) is 2. The largest absolute Gasteiger partial charge is 0.478 e. The Morgan fingerprint density at radius 3 is 2.89 bits per heavy atom. The van der Waals surface area contributed by atoms with Gasteiger partial charge in [0, 0.05) is 17.8 Å². The Bertz CT molecular complexity index is 622. The number of hydrogen-bond donors (Lipinski definition) is 1. The molecule has 0 radical (unpaired) electrons. The molecule has 0 aliphatic carbocycles. The minimum Gasteiger partial charge on any atom is -0.478 e. The number of carboxylic acid groups (broad SMARTS) is 1. The van der Waals surface area contributed by atoms with Crippen molar-refractivity contribution in [2.24, 2.45) is 0 Å². The molecule has 0 bridgehead atoms. The molecule has 0 aliphatic heterocycles. The number of rotatable bonds is 3. The van der Waals surface area contributed by atoms with Crippen molar-refractivity contribution in [2.75, 3.05) is 0 Å². The molecule has 4 nitrogen and oxygen atoms in total. The second kappa shape index (κ2) is 5.37. The van der Waals surface area contributed by atoms with Gasteiger partial charge in [-0.3, -0.25) is 0 Å². The highest BCUT2D eigenvalue weighted by molar-refractivity contribution is 9.10. The van der Waals surface area contributed by atoms with Crippen LogP contribution in [0.25, 0.3) is 11.8 Å². The average Bonchev–Trinajstić information content (AvgIpc) is 2.72. The molecular weight excluding hydrogens is 320 g/mol. The van der Waals surface area contributed by atoms with Crippen LogP contribution < -0.4 is 0 Å². The lowest BCUT2D eigenvalue weighted by molar-refractivity contribution is -0.131. The van der Waals surface area contributed by atoms with Crippen molar-refractivity contribution < 1.29 is 9.90 Å². The summed E-state index contributed by atoms with van der Waals surface area (Å²) in [5.74, 6) is -1.01. The fourth-order valence-electron chi connectivity index (χ4n) is 1.49. The Balaban J connectivity index is 2.54. The average molecular weight is 328 g/mol. The highest BCUT2D eigenvalue weighted by Crippen LogP contribution is 2.26. The minimum absolute atomic E-state index is 0.498. The van der Waals surface area contributed by atoms with E-state index in [4.69, 9.17) is 16.7 Å². The van der Waals surface area contributed by atoms with E-state index in [1.807, 2.05) is 0 Å². The predicted octanol–water partition coefficient (Wildman–Crippen LogP) is 3.39. The molecule has 1 heterocycles. The summed E-state index contributed by atoms with van der Waals surface area (Å²) in [5, 5.41) is 13.3. The summed E-state index contributed by atoms with van der Waals surface area (Å²) in [6.45, 7) is 0. The van der Waals surface area contributed by atoms with E-state index in [1.165, 1.54) is 6.08 Å². The van der Waals surface area contributed by atoms with Crippen molar-refractivity contribution in [2.45, 2.75) is 0 Å². The van der Waals surface area contributed by atoms with Gasteiger partial charge >= 0.3 is 5.97 Å². The summed E-state index contributed by atoms with van der Waals surface area (Å²) < 4.78 is 2.41. The lowest BCUT2D eigenvalue weighted by Crippen LogP contribution is -1.98. The van der Waals surface area contributed by atoms with Crippen LogP contribution in [0.2, 0.25) is 5.02 Å². The molecule has 0 fully saturated rings. The van der Waals surface area contributed by atoms with Gasteiger partial charge in [-0.15, -0.1) is 0 Å². The lowest BCUT2D eigenvalue weighted by Gasteiger charge is -2.08. The number of aromatic nitrogens is 2. The summed E-state index contributed by atoms with van der Waals surface area (Å²) >= 11 is 9.43. The van der Waals surface area contributed by atoms with Crippen molar-refractivity contribution in [1.29, 1.82) is 0 Å². The summed E-state index contributed by atoms with van der Waals surface area (Å²) in [6, 6.07) is 5.26. The second-order valence-electron chi connectivity index (χ2n) is 3.45. The molecule has 1 aromatic heterocycles. The molecule has 0 spiro atoms. The van der Waals surface area contributed by atoms with Crippen LogP contribution in [0, 0.1) is 0 Å². The number of nitrogens with zero attached hydrogens (tertiary/aromatic N) is 2. The summed E-state index contributed by atoms with van der Waals surface area (Å²) in [4.78, 5) is 10.6. The normalized spacial score (nSPS) is 11.0. The highest BCUT2D eigenvalue weighted by Gasteiger charge is 2.08. The van der Waals surface area contributed by atoms with E-state index in [9.17, 15) is 4.79 Å². The van der Waals surface area contributed by atoms with Crippen LogP contribution in [0.4, 0.5) is 0 Å². The van der Waals surface area contributed by atoms with Crippen LogP contribution >= 0.6 is 27.5 Å². The van der Waals surface area contributed by atoms with Gasteiger partial charge in [-0.05, 0) is 28.1 Å². The van der Waals surface area contributed by atoms with Crippen molar-refractivity contribution in [1.82, 2.24) is 9.78 Å². The SMILES string of the molecule is O=C(O)/C=C/c1cccc(Cl)c1-n1cc(Br)cn1. The Hall–Kier alpha value is -1.59. The van der Waals surface area contributed by atoms with Crippen LogP contribution in [0.3, 0.4) is 0 Å². The standard InChI is InChI=1S/C12H8BrClN2O2/c13-9-6-15-16(7-9)12-8(4-5-11(17)18)2-1-3-10(12)14/h1-7H,(H,17,18)/b5-4+. The molecule has 6 heteroatoms. The molecule has 0 saturated carbocycles. The molecule has 18 heavy (non-hydrogen) atoms. The molecule has 0 saturated heterocycles. The predicted molar refractivity (Wildman–Crippen MR) is 72.9 cm³/mol. The molecule has 92 valence electrons. The molecule has 1 aromatic carbocycles. The fraction of sp³-hybridized carbons (Fsp3) is 0. The number of halogens is 2.